The molecule has 0 saturated heterocycles. The van der Waals surface area contributed by atoms with Gasteiger partial charge in [-0.1, -0.05) is 21.1 Å². The maximum atomic E-state index is 4.09. The van der Waals surface area contributed by atoms with Gasteiger partial charge in [0.05, 0.1) is 5.69 Å². The molecule has 80 valence electrons. The number of rotatable bonds is 5. The molecular weight excluding hydrogens is 274 g/mol. The van der Waals surface area contributed by atoms with Crippen LogP contribution in [-0.2, 0) is 19.4 Å². The predicted octanol–water partition coefficient (Wildman–Crippen LogP) is 2.52. The van der Waals surface area contributed by atoms with Gasteiger partial charge >= 0.3 is 0 Å². The third-order valence-corrected chi connectivity index (χ3v) is 3.27. The van der Waals surface area contributed by atoms with Crippen LogP contribution in [-0.4, -0.2) is 20.3 Å². The van der Waals surface area contributed by atoms with E-state index >= 15 is 0 Å². The minimum absolute atomic E-state index is 0.909. The number of aryl methyl sites for hydroxylation is 3. The summed E-state index contributed by atoms with van der Waals surface area (Å²) < 4.78 is 1.91. The molecule has 0 saturated carbocycles. The lowest BCUT2D eigenvalue weighted by Crippen LogP contribution is -2.01. The molecule has 0 unspecified atom stereocenters. The Kier molecular flexibility index (Phi) is 3.91. The molecule has 0 spiro atoms. The zero-order chi connectivity index (χ0) is 10.5. The Hall–Kier alpha value is -0.680. The van der Waals surface area contributed by atoms with Gasteiger partial charge in [0.15, 0.2) is 0 Å². The van der Waals surface area contributed by atoms with E-state index < -0.39 is 0 Å². The minimum Gasteiger partial charge on any atom is -0.252 e. The SMILES string of the molecule is BrCCc1cn(CCc2ccsc2)nn1. The van der Waals surface area contributed by atoms with Crippen LogP contribution >= 0.6 is 27.3 Å². The number of halogens is 1. The van der Waals surface area contributed by atoms with Gasteiger partial charge in [-0.3, -0.25) is 4.68 Å². The molecule has 0 amide bonds. The van der Waals surface area contributed by atoms with Gasteiger partial charge in [-0.2, -0.15) is 11.3 Å². The number of aromatic nitrogens is 3. The van der Waals surface area contributed by atoms with E-state index in [0.717, 1.165) is 30.4 Å². The van der Waals surface area contributed by atoms with Gasteiger partial charge in [0.2, 0.25) is 0 Å². The highest BCUT2D eigenvalue weighted by atomic mass is 79.9. The smallest absolute Gasteiger partial charge is 0.0835 e. The molecule has 0 radical (unpaired) electrons. The van der Waals surface area contributed by atoms with Crippen LogP contribution < -0.4 is 0 Å². The van der Waals surface area contributed by atoms with Crippen molar-refractivity contribution in [2.24, 2.45) is 0 Å². The molecule has 0 aromatic carbocycles. The highest BCUT2D eigenvalue weighted by molar-refractivity contribution is 9.09. The highest BCUT2D eigenvalue weighted by Gasteiger charge is 2.00. The number of hydrogen-bond donors (Lipinski definition) is 0. The zero-order valence-electron chi connectivity index (χ0n) is 8.27. The van der Waals surface area contributed by atoms with Gasteiger partial charge in [-0.15, -0.1) is 5.10 Å². The van der Waals surface area contributed by atoms with Crippen LogP contribution in [0.2, 0.25) is 0 Å². The van der Waals surface area contributed by atoms with Crippen molar-refractivity contribution < 1.29 is 0 Å². The van der Waals surface area contributed by atoms with Crippen molar-refractivity contribution in [2.45, 2.75) is 19.4 Å². The van der Waals surface area contributed by atoms with Gasteiger partial charge < -0.3 is 0 Å². The molecule has 0 aliphatic carbocycles. The van der Waals surface area contributed by atoms with E-state index in [0.29, 0.717) is 0 Å². The third kappa shape index (κ3) is 3.14. The van der Waals surface area contributed by atoms with Crippen LogP contribution in [0.25, 0.3) is 0 Å². The number of hydrogen-bond acceptors (Lipinski definition) is 3. The van der Waals surface area contributed by atoms with Gasteiger partial charge in [0, 0.05) is 24.5 Å². The van der Waals surface area contributed by atoms with E-state index in [9.17, 15) is 0 Å². The summed E-state index contributed by atoms with van der Waals surface area (Å²) >= 11 is 5.13. The molecule has 2 heterocycles. The zero-order valence-corrected chi connectivity index (χ0v) is 10.7. The summed E-state index contributed by atoms with van der Waals surface area (Å²) in [5.41, 5.74) is 2.43. The van der Waals surface area contributed by atoms with Gasteiger partial charge in [-0.05, 0) is 28.8 Å². The summed E-state index contributed by atoms with van der Waals surface area (Å²) in [4.78, 5) is 0. The monoisotopic (exact) mass is 285 g/mol. The fourth-order valence-corrected chi connectivity index (χ4v) is 2.45. The Morgan fingerprint density at radius 1 is 1.40 bits per heavy atom. The Morgan fingerprint density at radius 3 is 3.07 bits per heavy atom. The Bertz CT molecular complexity index is 396. The first kappa shape index (κ1) is 10.8. The average Bonchev–Trinajstić information content (AvgIpc) is 2.85. The van der Waals surface area contributed by atoms with Gasteiger partial charge in [0.25, 0.3) is 0 Å². The molecule has 0 aliphatic heterocycles. The van der Waals surface area contributed by atoms with Crippen molar-refractivity contribution in [2.75, 3.05) is 5.33 Å². The van der Waals surface area contributed by atoms with Crippen LogP contribution in [0.1, 0.15) is 11.3 Å². The maximum Gasteiger partial charge on any atom is 0.0835 e. The first-order valence-electron chi connectivity index (χ1n) is 4.84. The third-order valence-electron chi connectivity index (χ3n) is 2.15. The Balaban J connectivity index is 1.88. The van der Waals surface area contributed by atoms with E-state index in [1.807, 2.05) is 10.9 Å². The second-order valence-electron chi connectivity index (χ2n) is 3.29. The maximum absolute atomic E-state index is 4.09. The van der Waals surface area contributed by atoms with Crippen molar-refractivity contribution in [1.82, 2.24) is 15.0 Å². The molecule has 0 atom stereocenters. The van der Waals surface area contributed by atoms with E-state index in [4.69, 9.17) is 0 Å². The lowest BCUT2D eigenvalue weighted by Gasteiger charge is -1.97. The van der Waals surface area contributed by atoms with Crippen LogP contribution in [0.15, 0.2) is 23.0 Å². The van der Waals surface area contributed by atoms with Crippen LogP contribution in [0.5, 0.6) is 0 Å². The first-order chi connectivity index (χ1) is 7.38. The molecule has 0 fully saturated rings. The minimum atomic E-state index is 0.909. The topological polar surface area (TPSA) is 30.7 Å². The van der Waals surface area contributed by atoms with Crippen molar-refractivity contribution in [3.8, 4) is 0 Å². The summed E-state index contributed by atoms with van der Waals surface area (Å²) in [6.45, 7) is 0.909. The number of nitrogens with zero attached hydrogens (tertiary/aromatic N) is 3. The van der Waals surface area contributed by atoms with E-state index in [1.54, 1.807) is 11.3 Å². The first-order valence-corrected chi connectivity index (χ1v) is 6.91. The summed E-state index contributed by atoms with van der Waals surface area (Å²) in [5.74, 6) is 0. The van der Waals surface area contributed by atoms with Crippen molar-refractivity contribution >= 4 is 27.3 Å². The van der Waals surface area contributed by atoms with E-state index in [1.165, 1.54) is 5.56 Å². The van der Waals surface area contributed by atoms with Gasteiger partial charge in [-0.25, -0.2) is 0 Å². The lowest BCUT2D eigenvalue weighted by molar-refractivity contribution is 0.589. The molecule has 2 rings (SSSR count). The molecule has 3 nitrogen and oxygen atoms in total. The molecule has 2 aromatic rings. The van der Waals surface area contributed by atoms with Crippen LogP contribution in [0.4, 0.5) is 0 Å². The fourth-order valence-electron chi connectivity index (χ4n) is 1.34. The molecule has 5 heteroatoms. The molecule has 0 bridgehead atoms. The Labute approximate surface area is 101 Å². The second-order valence-corrected chi connectivity index (χ2v) is 4.87. The predicted molar refractivity (Wildman–Crippen MR) is 65.5 cm³/mol. The van der Waals surface area contributed by atoms with Crippen LogP contribution in [0, 0.1) is 0 Å². The fraction of sp³-hybridized carbons (Fsp3) is 0.400. The molecular formula is C10H12BrN3S. The number of thiophene rings is 1. The van der Waals surface area contributed by atoms with E-state index in [-0.39, 0.29) is 0 Å². The summed E-state index contributed by atoms with van der Waals surface area (Å²) in [6.07, 6.45) is 3.99. The molecule has 0 aliphatic rings. The average molecular weight is 286 g/mol. The summed E-state index contributed by atoms with van der Waals surface area (Å²) in [7, 11) is 0. The standard InChI is InChI=1S/C10H12BrN3S/c11-4-1-10-7-14(13-12-10)5-2-9-3-6-15-8-9/h3,6-8H,1-2,4-5H2. The van der Waals surface area contributed by atoms with Gasteiger partial charge in [0.1, 0.15) is 0 Å². The lowest BCUT2D eigenvalue weighted by atomic mass is 10.2. The highest BCUT2D eigenvalue weighted by Crippen LogP contribution is 2.07. The summed E-state index contributed by atoms with van der Waals surface area (Å²) in [5, 5.41) is 13.4. The van der Waals surface area contributed by atoms with Crippen molar-refractivity contribution in [3.05, 3.63) is 34.3 Å². The number of alkyl halides is 1. The summed E-state index contributed by atoms with van der Waals surface area (Å²) in [6, 6.07) is 2.15. The van der Waals surface area contributed by atoms with E-state index in [2.05, 4.69) is 43.1 Å². The molecule has 0 N–H and O–H groups in total. The van der Waals surface area contributed by atoms with Crippen LogP contribution in [0.3, 0.4) is 0 Å². The normalized spacial score (nSPS) is 10.7. The molecule has 15 heavy (non-hydrogen) atoms. The van der Waals surface area contributed by atoms with Crippen molar-refractivity contribution in [1.29, 1.82) is 0 Å². The largest absolute Gasteiger partial charge is 0.252 e. The quantitative estimate of drug-likeness (QED) is 0.791. The Morgan fingerprint density at radius 2 is 2.33 bits per heavy atom. The molecule has 2 aromatic heterocycles. The van der Waals surface area contributed by atoms with Crippen molar-refractivity contribution in [3.63, 3.8) is 0 Å². The second kappa shape index (κ2) is 5.42.